The molecule has 4 N–H and O–H groups in total. The highest BCUT2D eigenvalue weighted by molar-refractivity contribution is 6.03. The summed E-state index contributed by atoms with van der Waals surface area (Å²) < 4.78 is 0. The molecule has 0 saturated carbocycles. The van der Waals surface area contributed by atoms with Crippen LogP contribution in [0, 0.1) is 0 Å². The monoisotopic (exact) mass is 304 g/mol. The highest BCUT2D eigenvalue weighted by Crippen LogP contribution is 2.13. The molecule has 0 aliphatic rings. The molecule has 0 aliphatic heterocycles. The summed E-state index contributed by atoms with van der Waals surface area (Å²) in [6.45, 7) is 0. The molecule has 0 atom stereocenters. The third-order valence-electron chi connectivity index (χ3n) is 2.17. The summed E-state index contributed by atoms with van der Waals surface area (Å²) in [6.07, 6.45) is 3.15. The summed E-state index contributed by atoms with van der Waals surface area (Å²) in [4.78, 5) is 43.2. The van der Waals surface area contributed by atoms with Crippen LogP contribution in [0.3, 0.4) is 0 Å². The lowest BCUT2D eigenvalue weighted by Crippen LogP contribution is -2.10. The van der Waals surface area contributed by atoms with Gasteiger partial charge in [-0.1, -0.05) is 0 Å². The zero-order valence-corrected chi connectivity index (χ0v) is 11.1. The Bertz CT molecular complexity index is 589. The molecule has 1 aromatic rings. The minimum Gasteiger partial charge on any atom is -0.478 e. The quantitative estimate of drug-likeness (QED) is 0.576. The van der Waals surface area contributed by atoms with Gasteiger partial charge in [0, 0.05) is 35.7 Å². The van der Waals surface area contributed by atoms with E-state index in [1.54, 1.807) is 0 Å². The normalized spacial score (nSPS) is 10.5. The highest BCUT2D eigenvalue weighted by atomic mass is 16.4. The SMILES string of the molecule is O=C(O)C=CC(=O)Nc1ccc(NC(=O)/C=C\C(=O)O)cc1. The zero-order chi connectivity index (χ0) is 16.5. The number of nitrogens with one attached hydrogen (secondary N) is 2. The third-order valence-corrected chi connectivity index (χ3v) is 2.17. The van der Waals surface area contributed by atoms with Gasteiger partial charge < -0.3 is 20.8 Å². The van der Waals surface area contributed by atoms with Gasteiger partial charge in [0.05, 0.1) is 0 Å². The number of rotatable bonds is 6. The molecule has 0 saturated heterocycles. The van der Waals surface area contributed by atoms with Crippen molar-refractivity contribution in [3.05, 3.63) is 48.6 Å². The first-order valence-electron chi connectivity index (χ1n) is 5.91. The molecular formula is C14H12N2O6. The van der Waals surface area contributed by atoms with Crippen molar-refractivity contribution in [1.82, 2.24) is 0 Å². The largest absolute Gasteiger partial charge is 0.478 e. The molecule has 22 heavy (non-hydrogen) atoms. The van der Waals surface area contributed by atoms with Crippen LogP contribution in [0.5, 0.6) is 0 Å². The molecule has 8 heteroatoms. The minimum atomic E-state index is -1.23. The number of hydrogen-bond acceptors (Lipinski definition) is 4. The van der Waals surface area contributed by atoms with Crippen molar-refractivity contribution in [3.63, 3.8) is 0 Å². The Labute approximate surface area is 124 Å². The standard InChI is InChI=1S/C14H12N2O6/c17-11(5-7-13(19)20)15-9-1-2-10(4-3-9)16-12(18)6-8-14(21)22/h1-8H,(H,15,17)(H,16,18)(H,19,20)(H,21,22)/b7-5-,8-6?. The number of anilines is 2. The van der Waals surface area contributed by atoms with Crippen molar-refractivity contribution in [3.8, 4) is 0 Å². The molecule has 8 nitrogen and oxygen atoms in total. The third kappa shape index (κ3) is 6.66. The lowest BCUT2D eigenvalue weighted by atomic mass is 10.2. The van der Waals surface area contributed by atoms with E-state index in [4.69, 9.17) is 10.2 Å². The first kappa shape index (κ1) is 16.6. The molecule has 0 heterocycles. The summed E-state index contributed by atoms with van der Waals surface area (Å²) >= 11 is 0. The Kier molecular flexibility index (Phi) is 6.05. The molecule has 0 spiro atoms. The van der Waals surface area contributed by atoms with Gasteiger partial charge in [-0.25, -0.2) is 9.59 Å². The van der Waals surface area contributed by atoms with Gasteiger partial charge in [0.25, 0.3) is 0 Å². The fourth-order valence-corrected chi connectivity index (χ4v) is 1.30. The average Bonchev–Trinajstić information content (AvgIpc) is 2.45. The van der Waals surface area contributed by atoms with Crippen molar-refractivity contribution in [2.75, 3.05) is 10.6 Å². The van der Waals surface area contributed by atoms with Crippen molar-refractivity contribution in [2.45, 2.75) is 0 Å². The second kappa shape index (κ2) is 8.00. The zero-order valence-electron chi connectivity index (χ0n) is 11.1. The van der Waals surface area contributed by atoms with Crippen LogP contribution >= 0.6 is 0 Å². The Morgan fingerprint density at radius 2 is 1.00 bits per heavy atom. The number of aliphatic carboxylic acids is 2. The minimum absolute atomic E-state index is 0.402. The summed E-state index contributed by atoms with van der Waals surface area (Å²) in [6, 6.07) is 5.96. The lowest BCUT2D eigenvalue weighted by molar-refractivity contribution is -0.132. The van der Waals surface area contributed by atoms with Crippen LogP contribution in [0.4, 0.5) is 11.4 Å². The van der Waals surface area contributed by atoms with Crippen LogP contribution in [0.25, 0.3) is 0 Å². The molecular weight excluding hydrogens is 292 g/mol. The van der Waals surface area contributed by atoms with Gasteiger partial charge >= 0.3 is 11.9 Å². The maximum Gasteiger partial charge on any atom is 0.328 e. The topological polar surface area (TPSA) is 133 Å². The van der Waals surface area contributed by atoms with E-state index in [1.165, 1.54) is 24.3 Å². The second-order valence-corrected chi connectivity index (χ2v) is 3.90. The van der Waals surface area contributed by atoms with Crippen LogP contribution in [0.1, 0.15) is 0 Å². The molecule has 114 valence electrons. The van der Waals surface area contributed by atoms with Crippen LogP contribution in [0.2, 0.25) is 0 Å². The number of hydrogen-bond donors (Lipinski definition) is 4. The van der Waals surface area contributed by atoms with Gasteiger partial charge in [-0.05, 0) is 24.3 Å². The second-order valence-electron chi connectivity index (χ2n) is 3.90. The number of amides is 2. The molecule has 0 bridgehead atoms. The van der Waals surface area contributed by atoms with Crippen LogP contribution in [0.15, 0.2) is 48.6 Å². The number of carbonyl (C=O) groups excluding carboxylic acids is 2. The van der Waals surface area contributed by atoms with Crippen LogP contribution < -0.4 is 10.6 Å². The average molecular weight is 304 g/mol. The fourth-order valence-electron chi connectivity index (χ4n) is 1.30. The van der Waals surface area contributed by atoms with Gasteiger partial charge in [-0.3, -0.25) is 9.59 Å². The summed E-state index contributed by atoms with van der Waals surface area (Å²) in [5.74, 6) is -3.68. The molecule has 2 amide bonds. The fraction of sp³-hybridized carbons (Fsp3) is 0. The number of carboxylic acids is 2. The van der Waals surface area contributed by atoms with Crippen molar-refractivity contribution < 1.29 is 29.4 Å². The van der Waals surface area contributed by atoms with Gasteiger partial charge in [0.2, 0.25) is 11.8 Å². The van der Waals surface area contributed by atoms with E-state index in [-0.39, 0.29) is 0 Å². The van der Waals surface area contributed by atoms with Gasteiger partial charge in [-0.2, -0.15) is 0 Å². The summed E-state index contributed by atoms with van der Waals surface area (Å²) in [7, 11) is 0. The van der Waals surface area contributed by atoms with E-state index in [2.05, 4.69) is 10.6 Å². The first-order chi connectivity index (χ1) is 10.4. The Balaban J connectivity index is 2.59. The lowest BCUT2D eigenvalue weighted by Gasteiger charge is -2.05. The van der Waals surface area contributed by atoms with Crippen LogP contribution in [-0.2, 0) is 19.2 Å². The van der Waals surface area contributed by atoms with E-state index in [0.29, 0.717) is 23.5 Å². The molecule has 1 aromatic carbocycles. The van der Waals surface area contributed by atoms with Gasteiger partial charge in [0.1, 0.15) is 0 Å². The molecule has 0 fully saturated rings. The highest BCUT2D eigenvalue weighted by Gasteiger charge is 2.01. The number of carbonyl (C=O) groups is 4. The number of benzene rings is 1. The molecule has 0 unspecified atom stereocenters. The van der Waals surface area contributed by atoms with Gasteiger partial charge in [-0.15, -0.1) is 0 Å². The van der Waals surface area contributed by atoms with E-state index >= 15 is 0 Å². The summed E-state index contributed by atoms with van der Waals surface area (Å²) in [5.41, 5.74) is 0.804. The number of carboxylic acid groups (broad SMARTS) is 2. The molecule has 0 aromatic heterocycles. The Morgan fingerprint density at radius 3 is 1.27 bits per heavy atom. The predicted octanol–water partition coefficient (Wildman–Crippen LogP) is 0.845. The molecule has 0 aliphatic carbocycles. The van der Waals surface area contributed by atoms with Crippen LogP contribution in [-0.4, -0.2) is 34.0 Å². The Morgan fingerprint density at radius 1 is 0.682 bits per heavy atom. The Hall–Kier alpha value is -3.42. The van der Waals surface area contributed by atoms with Crippen molar-refractivity contribution >= 4 is 35.1 Å². The van der Waals surface area contributed by atoms with Gasteiger partial charge in [0.15, 0.2) is 0 Å². The molecule has 1 rings (SSSR count). The maximum atomic E-state index is 11.3. The van der Waals surface area contributed by atoms with Crippen molar-refractivity contribution in [1.29, 1.82) is 0 Å². The van der Waals surface area contributed by atoms with E-state index in [9.17, 15) is 19.2 Å². The smallest absolute Gasteiger partial charge is 0.328 e. The van der Waals surface area contributed by atoms with E-state index in [0.717, 1.165) is 12.2 Å². The first-order valence-corrected chi connectivity index (χ1v) is 5.91. The van der Waals surface area contributed by atoms with E-state index in [1.807, 2.05) is 0 Å². The molecule has 0 radical (unpaired) electrons. The van der Waals surface area contributed by atoms with Crippen molar-refractivity contribution in [2.24, 2.45) is 0 Å². The maximum absolute atomic E-state index is 11.3. The van der Waals surface area contributed by atoms with E-state index < -0.39 is 23.8 Å². The predicted molar refractivity (Wildman–Crippen MR) is 77.3 cm³/mol. The summed E-state index contributed by atoms with van der Waals surface area (Å²) in [5, 5.41) is 21.6.